The van der Waals surface area contributed by atoms with Gasteiger partial charge in [0.15, 0.2) is 0 Å². The van der Waals surface area contributed by atoms with E-state index >= 15 is 0 Å². The van der Waals surface area contributed by atoms with Crippen LogP contribution in [-0.4, -0.2) is 35.5 Å². The Labute approximate surface area is 130 Å². The predicted molar refractivity (Wildman–Crippen MR) is 87.3 cm³/mol. The van der Waals surface area contributed by atoms with Crippen molar-refractivity contribution in [3.8, 4) is 0 Å². The number of hydrazine groups is 1. The fourth-order valence-corrected chi connectivity index (χ4v) is 2.74. The van der Waals surface area contributed by atoms with Crippen LogP contribution in [0.4, 0.5) is 0 Å². The lowest BCUT2D eigenvalue weighted by molar-refractivity contribution is 0.252. The van der Waals surface area contributed by atoms with E-state index in [1.54, 1.807) is 6.20 Å². The molecule has 0 aliphatic carbocycles. The molecule has 1 unspecified atom stereocenters. The Morgan fingerprint density at radius 2 is 2.09 bits per heavy atom. The van der Waals surface area contributed by atoms with E-state index in [2.05, 4.69) is 31.8 Å². The summed E-state index contributed by atoms with van der Waals surface area (Å²) in [6.07, 6.45) is 9.90. The molecule has 3 heterocycles. The zero-order valence-electron chi connectivity index (χ0n) is 12.6. The average molecular weight is 301 g/mol. The Balaban J connectivity index is 1.59. The van der Waals surface area contributed by atoms with Crippen molar-refractivity contribution in [3.63, 3.8) is 0 Å². The standard InChI is InChI=1S/C15H23N7/c16-14-19-15(17,21-20-14)12-6-7-13(18-11-12)5-4-10-22-8-2-1-3-9-22/h4-7,11,21H,1-3,8-10,17H2,(H3,16,19,20). The van der Waals surface area contributed by atoms with Crippen LogP contribution < -0.4 is 22.3 Å². The van der Waals surface area contributed by atoms with E-state index < -0.39 is 5.79 Å². The third-order valence-corrected chi connectivity index (χ3v) is 4.01. The maximum absolute atomic E-state index is 6.11. The summed E-state index contributed by atoms with van der Waals surface area (Å²) >= 11 is 0. The molecule has 1 fully saturated rings. The number of guanidine groups is 1. The van der Waals surface area contributed by atoms with E-state index in [4.69, 9.17) is 11.5 Å². The summed E-state index contributed by atoms with van der Waals surface area (Å²) in [5, 5.41) is 0. The minimum Gasteiger partial charge on any atom is -0.369 e. The third kappa shape index (κ3) is 3.44. The molecular formula is C15H23N7. The predicted octanol–water partition coefficient (Wildman–Crippen LogP) is 0.0722. The highest BCUT2D eigenvalue weighted by Gasteiger charge is 2.31. The van der Waals surface area contributed by atoms with Crippen LogP contribution in [0.3, 0.4) is 0 Å². The summed E-state index contributed by atoms with van der Waals surface area (Å²) in [5.74, 6) is -0.777. The first-order valence-corrected chi connectivity index (χ1v) is 7.68. The Morgan fingerprint density at radius 1 is 1.27 bits per heavy atom. The number of pyridine rings is 1. The summed E-state index contributed by atoms with van der Waals surface area (Å²) in [6, 6.07) is 3.84. The molecule has 6 N–H and O–H groups in total. The van der Waals surface area contributed by atoms with Gasteiger partial charge in [0.1, 0.15) is 0 Å². The van der Waals surface area contributed by atoms with Gasteiger partial charge in [0.05, 0.1) is 5.69 Å². The van der Waals surface area contributed by atoms with Crippen LogP contribution >= 0.6 is 0 Å². The van der Waals surface area contributed by atoms with Crippen LogP contribution in [0.15, 0.2) is 29.4 Å². The molecule has 2 aliphatic rings. The highest BCUT2D eigenvalue weighted by molar-refractivity contribution is 5.79. The molecule has 0 bridgehead atoms. The molecule has 2 aliphatic heterocycles. The van der Waals surface area contributed by atoms with E-state index in [0.29, 0.717) is 0 Å². The lowest BCUT2D eigenvalue weighted by Crippen LogP contribution is -2.50. The largest absolute Gasteiger partial charge is 0.369 e. The molecule has 7 heteroatoms. The fraction of sp³-hybridized carbons (Fsp3) is 0.467. The van der Waals surface area contributed by atoms with Crippen LogP contribution in [0.1, 0.15) is 30.5 Å². The molecule has 22 heavy (non-hydrogen) atoms. The van der Waals surface area contributed by atoms with Gasteiger partial charge in [0.25, 0.3) is 0 Å². The zero-order valence-corrected chi connectivity index (χ0v) is 12.6. The van der Waals surface area contributed by atoms with Crippen LogP contribution in [0.25, 0.3) is 6.08 Å². The number of hydrogen-bond acceptors (Lipinski definition) is 7. The summed E-state index contributed by atoms with van der Waals surface area (Å²) in [5.41, 5.74) is 18.9. The van der Waals surface area contributed by atoms with Gasteiger partial charge in [-0.25, -0.2) is 4.99 Å². The van der Waals surface area contributed by atoms with E-state index in [1.807, 2.05) is 18.2 Å². The van der Waals surface area contributed by atoms with Crippen LogP contribution in [0.5, 0.6) is 0 Å². The van der Waals surface area contributed by atoms with Crippen molar-refractivity contribution in [1.82, 2.24) is 20.7 Å². The number of rotatable bonds is 4. The normalized spacial score (nSPS) is 26.1. The number of aliphatic imine (C=N–C) groups is 1. The molecule has 0 spiro atoms. The lowest BCUT2D eigenvalue weighted by Gasteiger charge is -2.24. The van der Waals surface area contributed by atoms with Gasteiger partial charge in [-0.05, 0) is 38.1 Å². The SMILES string of the molecule is NC1=NC(N)(c2ccc(C=CCN3CCCCC3)nc2)NN1. The number of nitrogens with two attached hydrogens (primary N) is 2. The molecule has 1 aromatic rings. The van der Waals surface area contributed by atoms with Crippen molar-refractivity contribution < 1.29 is 0 Å². The number of likely N-dealkylation sites (tertiary alicyclic amines) is 1. The smallest absolute Gasteiger partial charge is 0.210 e. The first kappa shape index (κ1) is 15.0. The van der Waals surface area contributed by atoms with Crippen LogP contribution in [-0.2, 0) is 5.79 Å². The second-order valence-corrected chi connectivity index (χ2v) is 5.75. The van der Waals surface area contributed by atoms with E-state index in [-0.39, 0.29) is 5.96 Å². The number of nitrogens with zero attached hydrogens (tertiary/aromatic N) is 3. The molecule has 1 aromatic heterocycles. The van der Waals surface area contributed by atoms with Gasteiger partial charge in [-0.15, -0.1) is 0 Å². The maximum atomic E-state index is 6.11. The molecule has 1 atom stereocenters. The number of aromatic nitrogens is 1. The Morgan fingerprint density at radius 3 is 2.73 bits per heavy atom. The highest BCUT2D eigenvalue weighted by atomic mass is 15.6. The summed E-state index contributed by atoms with van der Waals surface area (Å²) < 4.78 is 0. The molecule has 0 aromatic carbocycles. The van der Waals surface area contributed by atoms with Crippen molar-refractivity contribution in [2.75, 3.05) is 19.6 Å². The average Bonchev–Trinajstić information content (AvgIpc) is 2.89. The van der Waals surface area contributed by atoms with Gasteiger partial charge >= 0.3 is 0 Å². The van der Waals surface area contributed by atoms with Crippen molar-refractivity contribution >= 4 is 12.0 Å². The second kappa shape index (κ2) is 6.43. The van der Waals surface area contributed by atoms with Crippen LogP contribution in [0.2, 0.25) is 0 Å². The monoisotopic (exact) mass is 301 g/mol. The van der Waals surface area contributed by atoms with E-state index in [1.165, 1.54) is 32.4 Å². The molecule has 0 amide bonds. The zero-order chi connectivity index (χ0) is 15.4. The first-order chi connectivity index (χ1) is 10.7. The first-order valence-electron chi connectivity index (χ1n) is 7.68. The Hall–Kier alpha value is -1.96. The van der Waals surface area contributed by atoms with E-state index in [9.17, 15) is 0 Å². The molecule has 0 saturated carbocycles. The Bertz CT molecular complexity index is 560. The summed E-state index contributed by atoms with van der Waals surface area (Å²) in [6.45, 7) is 3.38. The van der Waals surface area contributed by atoms with Gasteiger partial charge in [-0.2, -0.15) is 5.43 Å². The van der Waals surface area contributed by atoms with Crippen molar-refractivity contribution in [1.29, 1.82) is 0 Å². The second-order valence-electron chi connectivity index (χ2n) is 5.75. The quantitative estimate of drug-likeness (QED) is 0.627. The molecule has 0 radical (unpaired) electrons. The molecule has 7 nitrogen and oxygen atoms in total. The third-order valence-electron chi connectivity index (χ3n) is 4.01. The number of nitrogens with one attached hydrogen (secondary N) is 2. The topological polar surface area (TPSA) is 105 Å². The maximum Gasteiger partial charge on any atom is 0.210 e. The lowest BCUT2D eigenvalue weighted by atomic mass is 10.1. The Kier molecular flexibility index (Phi) is 4.37. The molecular weight excluding hydrogens is 278 g/mol. The van der Waals surface area contributed by atoms with Gasteiger partial charge in [-0.3, -0.25) is 21.0 Å². The van der Waals surface area contributed by atoms with Crippen LogP contribution in [0, 0.1) is 0 Å². The van der Waals surface area contributed by atoms with Gasteiger partial charge in [-0.1, -0.05) is 18.6 Å². The fourth-order valence-electron chi connectivity index (χ4n) is 2.74. The van der Waals surface area contributed by atoms with Gasteiger partial charge in [0.2, 0.25) is 11.7 Å². The minimum absolute atomic E-state index is 0.271. The van der Waals surface area contributed by atoms with Crippen molar-refractivity contribution in [2.45, 2.75) is 25.0 Å². The summed E-state index contributed by atoms with van der Waals surface area (Å²) in [7, 11) is 0. The van der Waals surface area contributed by atoms with Gasteiger partial charge < -0.3 is 5.73 Å². The van der Waals surface area contributed by atoms with E-state index in [0.717, 1.165) is 17.8 Å². The summed E-state index contributed by atoms with van der Waals surface area (Å²) in [4.78, 5) is 11.0. The minimum atomic E-state index is -1.05. The van der Waals surface area contributed by atoms with Crippen molar-refractivity contribution in [3.05, 3.63) is 35.7 Å². The van der Waals surface area contributed by atoms with Crippen molar-refractivity contribution in [2.24, 2.45) is 16.5 Å². The highest BCUT2D eigenvalue weighted by Crippen LogP contribution is 2.18. The van der Waals surface area contributed by atoms with Gasteiger partial charge in [0, 0.05) is 18.3 Å². The molecule has 118 valence electrons. The molecule has 3 rings (SSSR count). The number of piperidine rings is 1. The molecule has 1 saturated heterocycles. The number of hydrogen-bond donors (Lipinski definition) is 4.